The first kappa shape index (κ1) is 22.7. The van der Waals surface area contributed by atoms with Gasteiger partial charge in [0.25, 0.3) is 11.1 Å². The molecule has 5 rings (SSSR count). The first-order valence-corrected chi connectivity index (χ1v) is 11.8. The van der Waals surface area contributed by atoms with E-state index < -0.39 is 0 Å². The third kappa shape index (κ3) is 5.07. The van der Waals surface area contributed by atoms with Crippen LogP contribution in [0.4, 0.5) is 4.39 Å². The number of hydrogen-bond acceptors (Lipinski definition) is 8. The van der Waals surface area contributed by atoms with Crippen molar-refractivity contribution in [3.8, 4) is 17.2 Å². The average Bonchev–Trinajstić information content (AvgIpc) is 3.56. The fourth-order valence-corrected chi connectivity index (χ4v) is 4.33. The van der Waals surface area contributed by atoms with Crippen molar-refractivity contribution in [1.82, 2.24) is 20.2 Å². The number of rotatable bonds is 7. The first-order valence-electron chi connectivity index (χ1n) is 10.8. The molecule has 2 aromatic heterocycles. The standard InChI is InChI=1S/C25H20FN5O3S/c1-33-20-8-4-16(5-9-20)21-14-22(17-2-6-19(26)7-3-17)31(30-21)23(32)15-35-25-29-28-24(34-25)18-10-12-27-13-11-18/h2-13,22H,14-15H2,1H3. The maximum absolute atomic E-state index is 13.5. The number of carbonyl (C=O) groups is 1. The molecule has 176 valence electrons. The van der Waals surface area contributed by atoms with Gasteiger partial charge in [0, 0.05) is 24.4 Å². The monoisotopic (exact) mass is 489 g/mol. The quantitative estimate of drug-likeness (QED) is 0.346. The van der Waals surface area contributed by atoms with Gasteiger partial charge in [-0.25, -0.2) is 9.40 Å². The molecule has 4 aromatic rings. The van der Waals surface area contributed by atoms with Gasteiger partial charge < -0.3 is 9.15 Å². The van der Waals surface area contributed by atoms with Crippen molar-refractivity contribution < 1.29 is 18.3 Å². The Kier molecular flexibility index (Phi) is 6.53. The minimum absolute atomic E-state index is 0.0507. The average molecular weight is 490 g/mol. The third-order valence-corrected chi connectivity index (χ3v) is 6.30. The molecular weight excluding hydrogens is 469 g/mol. The molecule has 0 radical (unpaired) electrons. The summed E-state index contributed by atoms with van der Waals surface area (Å²) in [6.45, 7) is 0. The summed E-state index contributed by atoms with van der Waals surface area (Å²) >= 11 is 1.14. The van der Waals surface area contributed by atoms with Crippen molar-refractivity contribution in [1.29, 1.82) is 0 Å². The number of amides is 1. The maximum atomic E-state index is 13.5. The van der Waals surface area contributed by atoms with E-state index in [1.165, 1.54) is 17.1 Å². The first-order chi connectivity index (χ1) is 17.1. The van der Waals surface area contributed by atoms with Gasteiger partial charge in [-0.2, -0.15) is 5.10 Å². The van der Waals surface area contributed by atoms with Crippen LogP contribution in [0.5, 0.6) is 5.75 Å². The van der Waals surface area contributed by atoms with Gasteiger partial charge >= 0.3 is 0 Å². The van der Waals surface area contributed by atoms with Crippen molar-refractivity contribution in [2.45, 2.75) is 17.7 Å². The fraction of sp³-hybridized carbons (Fsp3) is 0.160. The normalized spacial score (nSPS) is 15.2. The van der Waals surface area contributed by atoms with Crippen LogP contribution in [-0.2, 0) is 4.79 Å². The summed E-state index contributed by atoms with van der Waals surface area (Å²) in [6, 6.07) is 16.8. The van der Waals surface area contributed by atoms with E-state index in [1.54, 1.807) is 43.8 Å². The Bertz CT molecular complexity index is 1340. The van der Waals surface area contributed by atoms with Crippen molar-refractivity contribution in [3.05, 3.63) is 90.0 Å². The van der Waals surface area contributed by atoms with Gasteiger partial charge in [-0.1, -0.05) is 23.9 Å². The van der Waals surface area contributed by atoms with E-state index in [4.69, 9.17) is 9.15 Å². The lowest BCUT2D eigenvalue weighted by atomic mass is 9.98. The van der Waals surface area contributed by atoms with Crippen LogP contribution < -0.4 is 4.74 Å². The van der Waals surface area contributed by atoms with Crippen LogP contribution >= 0.6 is 11.8 Å². The number of hydrazone groups is 1. The van der Waals surface area contributed by atoms with E-state index in [1.807, 2.05) is 24.3 Å². The molecule has 0 bridgehead atoms. The van der Waals surface area contributed by atoms with Gasteiger partial charge in [0.05, 0.1) is 24.6 Å². The van der Waals surface area contributed by atoms with E-state index in [-0.39, 0.29) is 28.7 Å². The van der Waals surface area contributed by atoms with Crippen LogP contribution in [0.3, 0.4) is 0 Å². The number of carbonyl (C=O) groups excluding carboxylic acids is 1. The predicted molar refractivity (Wildman–Crippen MR) is 128 cm³/mol. The van der Waals surface area contributed by atoms with Gasteiger partial charge in [-0.15, -0.1) is 10.2 Å². The SMILES string of the molecule is COc1ccc(C2=NN(C(=O)CSc3nnc(-c4ccncc4)o3)C(c3ccc(F)cc3)C2)cc1. The van der Waals surface area contributed by atoms with E-state index in [0.717, 1.165) is 39.9 Å². The molecule has 8 nitrogen and oxygen atoms in total. The Morgan fingerprint density at radius 3 is 2.51 bits per heavy atom. The molecule has 2 aromatic carbocycles. The zero-order chi connectivity index (χ0) is 24.2. The largest absolute Gasteiger partial charge is 0.497 e. The molecule has 35 heavy (non-hydrogen) atoms. The van der Waals surface area contributed by atoms with Crippen LogP contribution in [-0.4, -0.2) is 44.7 Å². The zero-order valence-corrected chi connectivity index (χ0v) is 19.5. The number of halogens is 1. The van der Waals surface area contributed by atoms with Crippen molar-refractivity contribution in [2.24, 2.45) is 5.10 Å². The minimum atomic E-state index is -0.351. The zero-order valence-electron chi connectivity index (χ0n) is 18.7. The summed E-state index contributed by atoms with van der Waals surface area (Å²) in [5, 5.41) is 14.4. The summed E-state index contributed by atoms with van der Waals surface area (Å²) < 4.78 is 24.4. The van der Waals surface area contributed by atoms with Gasteiger partial charge in [0.2, 0.25) is 5.89 Å². The number of benzene rings is 2. The molecular formula is C25H20FN5O3S. The summed E-state index contributed by atoms with van der Waals surface area (Å²) in [7, 11) is 1.61. The molecule has 0 aliphatic carbocycles. The summed E-state index contributed by atoms with van der Waals surface area (Å²) in [4.78, 5) is 17.2. The molecule has 1 amide bonds. The topological polar surface area (TPSA) is 93.7 Å². The highest BCUT2D eigenvalue weighted by atomic mass is 32.2. The Hall–Kier alpha value is -4.05. The lowest BCUT2D eigenvalue weighted by Gasteiger charge is -2.21. The number of methoxy groups -OCH3 is 1. The molecule has 1 aliphatic rings. The van der Waals surface area contributed by atoms with Gasteiger partial charge in [-0.05, 0) is 59.7 Å². The van der Waals surface area contributed by atoms with Crippen LogP contribution in [0, 0.1) is 5.82 Å². The number of nitrogens with zero attached hydrogens (tertiary/aromatic N) is 5. The van der Waals surface area contributed by atoms with Gasteiger partial charge in [0.15, 0.2) is 0 Å². The lowest BCUT2D eigenvalue weighted by Crippen LogP contribution is -2.28. The number of aromatic nitrogens is 3. The summed E-state index contributed by atoms with van der Waals surface area (Å²) in [5.74, 6) is 0.578. The molecule has 0 saturated carbocycles. The highest BCUT2D eigenvalue weighted by molar-refractivity contribution is 7.99. The fourth-order valence-electron chi connectivity index (χ4n) is 3.71. The number of thioether (sulfide) groups is 1. The van der Waals surface area contributed by atoms with Crippen molar-refractivity contribution in [2.75, 3.05) is 12.9 Å². The maximum Gasteiger partial charge on any atom is 0.277 e. The van der Waals surface area contributed by atoms with Crippen LogP contribution in [0.2, 0.25) is 0 Å². The highest BCUT2D eigenvalue weighted by Crippen LogP contribution is 2.34. The molecule has 0 fully saturated rings. The highest BCUT2D eigenvalue weighted by Gasteiger charge is 2.33. The molecule has 1 aliphatic heterocycles. The molecule has 1 unspecified atom stereocenters. The number of ether oxygens (including phenoxy) is 1. The molecule has 10 heteroatoms. The second-order valence-electron chi connectivity index (χ2n) is 7.68. The second-order valence-corrected chi connectivity index (χ2v) is 8.61. The Morgan fingerprint density at radius 2 is 1.80 bits per heavy atom. The minimum Gasteiger partial charge on any atom is -0.497 e. The molecule has 0 saturated heterocycles. The predicted octanol–water partition coefficient (Wildman–Crippen LogP) is 4.75. The smallest absolute Gasteiger partial charge is 0.277 e. The van der Waals surface area contributed by atoms with E-state index in [2.05, 4.69) is 20.3 Å². The number of hydrogen-bond donors (Lipinski definition) is 0. The number of pyridine rings is 1. The van der Waals surface area contributed by atoms with Crippen LogP contribution in [0.1, 0.15) is 23.6 Å². The Balaban J connectivity index is 1.34. The summed E-state index contributed by atoms with van der Waals surface area (Å²) in [5.41, 5.74) is 3.20. The second kappa shape index (κ2) is 10.1. The summed E-state index contributed by atoms with van der Waals surface area (Å²) in [6.07, 6.45) is 3.77. The molecule has 1 atom stereocenters. The lowest BCUT2D eigenvalue weighted by molar-refractivity contribution is -0.130. The Labute approximate surface area is 204 Å². The van der Waals surface area contributed by atoms with E-state index in [0.29, 0.717) is 12.3 Å². The Morgan fingerprint density at radius 1 is 1.06 bits per heavy atom. The van der Waals surface area contributed by atoms with Gasteiger partial charge in [-0.3, -0.25) is 9.78 Å². The van der Waals surface area contributed by atoms with Crippen molar-refractivity contribution >= 4 is 23.4 Å². The third-order valence-electron chi connectivity index (χ3n) is 5.50. The molecule has 0 spiro atoms. The van der Waals surface area contributed by atoms with Crippen LogP contribution in [0.25, 0.3) is 11.5 Å². The molecule has 0 N–H and O–H groups in total. The van der Waals surface area contributed by atoms with Gasteiger partial charge in [0.1, 0.15) is 11.6 Å². The van der Waals surface area contributed by atoms with Crippen LogP contribution in [0.15, 0.2) is 87.8 Å². The van der Waals surface area contributed by atoms with Crippen molar-refractivity contribution in [3.63, 3.8) is 0 Å². The molecule has 3 heterocycles. The van der Waals surface area contributed by atoms with E-state index in [9.17, 15) is 9.18 Å². The van der Waals surface area contributed by atoms with E-state index >= 15 is 0 Å².